The van der Waals surface area contributed by atoms with Gasteiger partial charge < -0.3 is 10.1 Å². The van der Waals surface area contributed by atoms with Crippen molar-refractivity contribution in [2.75, 3.05) is 43.9 Å². The molecule has 184 valence electrons. The fraction of sp³-hybridized carbons (Fsp3) is 0.385. The highest BCUT2D eigenvalue weighted by atomic mass is 32.2. The van der Waals surface area contributed by atoms with Crippen molar-refractivity contribution in [3.8, 4) is 0 Å². The molecule has 1 aliphatic rings. The van der Waals surface area contributed by atoms with Gasteiger partial charge in [-0.3, -0.25) is 23.9 Å². The molecule has 0 aliphatic carbocycles. The number of para-hydroxylation sites is 1. The molecule has 35 heavy (non-hydrogen) atoms. The zero-order chi connectivity index (χ0) is 24.6. The van der Waals surface area contributed by atoms with E-state index in [0.717, 1.165) is 39.3 Å². The molecule has 0 radical (unpaired) electrons. The zero-order valence-electron chi connectivity index (χ0n) is 19.9. The van der Waals surface area contributed by atoms with Crippen molar-refractivity contribution in [2.24, 2.45) is 0 Å². The van der Waals surface area contributed by atoms with E-state index < -0.39 is 0 Å². The molecule has 1 fully saturated rings. The molecule has 1 saturated heterocycles. The number of Topliss-reactive ketones (excluding diaryl/α,β-unsaturated/α-hetero) is 1. The summed E-state index contributed by atoms with van der Waals surface area (Å²) in [5.74, 6) is 0.0220. The maximum Gasteiger partial charge on any atom is 0.262 e. The Bertz CT molecular complexity index is 1240. The SMILES string of the molecule is CCC(=O)Nc1ccc(C(=O)CSc2nc3ccccc3c(=O)n2CCCN2CCOCC2)cc1. The topological polar surface area (TPSA) is 93.5 Å². The van der Waals surface area contributed by atoms with Gasteiger partial charge >= 0.3 is 0 Å². The number of thioether (sulfide) groups is 1. The first-order valence-corrected chi connectivity index (χ1v) is 12.9. The van der Waals surface area contributed by atoms with Gasteiger partial charge in [-0.05, 0) is 42.8 Å². The van der Waals surface area contributed by atoms with Gasteiger partial charge in [0.15, 0.2) is 10.9 Å². The third-order valence-electron chi connectivity index (χ3n) is 5.93. The van der Waals surface area contributed by atoms with Crippen molar-refractivity contribution in [3.63, 3.8) is 0 Å². The van der Waals surface area contributed by atoms with Gasteiger partial charge in [0.1, 0.15) is 0 Å². The molecule has 0 unspecified atom stereocenters. The van der Waals surface area contributed by atoms with E-state index in [1.54, 1.807) is 41.8 Å². The summed E-state index contributed by atoms with van der Waals surface area (Å²) < 4.78 is 7.11. The number of morpholine rings is 1. The second kappa shape index (κ2) is 12.1. The normalized spacial score (nSPS) is 14.2. The third-order valence-corrected chi connectivity index (χ3v) is 6.91. The monoisotopic (exact) mass is 494 g/mol. The van der Waals surface area contributed by atoms with Crippen LogP contribution in [0.5, 0.6) is 0 Å². The second-order valence-electron chi connectivity index (χ2n) is 8.37. The summed E-state index contributed by atoms with van der Waals surface area (Å²) in [4.78, 5) is 44.7. The van der Waals surface area contributed by atoms with Crippen LogP contribution in [-0.4, -0.2) is 64.7 Å². The average molecular weight is 495 g/mol. The van der Waals surface area contributed by atoms with E-state index in [2.05, 4.69) is 10.2 Å². The molecule has 1 amide bonds. The highest BCUT2D eigenvalue weighted by Gasteiger charge is 2.16. The quantitative estimate of drug-likeness (QED) is 0.262. The van der Waals surface area contributed by atoms with Gasteiger partial charge in [-0.25, -0.2) is 4.98 Å². The van der Waals surface area contributed by atoms with Crippen molar-refractivity contribution in [3.05, 3.63) is 64.4 Å². The lowest BCUT2D eigenvalue weighted by Crippen LogP contribution is -2.37. The molecule has 1 aliphatic heterocycles. The van der Waals surface area contributed by atoms with Gasteiger partial charge in [0.05, 0.1) is 29.9 Å². The Morgan fingerprint density at radius 2 is 1.80 bits per heavy atom. The molecule has 3 aromatic rings. The van der Waals surface area contributed by atoms with Crippen molar-refractivity contribution in [1.29, 1.82) is 0 Å². The standard InChI is InChI=1S/C26H30N4O4S/c1-2-24(32)27-20-10-8-19(9-11-20)23(31)18-35-26-28-22-7-4-3-6-21(22)25(33)30(26)13-5-12-29-14-16-34-17-15-29/h3-4,6-11H,2,5,12-18H2,1H3,(H,27,32). The summed E-state index contributed by atoms with van der Waals surface area (Å²) >= 11 is 1.28. The molecule has 0 atom stereocenters. The molecular formula is C26H30N4O4S. The number of anilines is 1. The predicted molar refractivity (Wildman–Crippen MR) is 138 cm³/mol. The molecule has 0 saturated carbocycles. The van der Waals surface area contributed by atoms with Gasteiger partial charge in [-0.2, -0.15) is 0 Å². The zero-order valence-corrected chi connectivity index (χ0v) is 20.7. The summed E-state index contributed by atoms with van der Waals surface area (Å²) in [6, 6.07) is 14.2. The van der Waals surface area contributed by atoms with Crippen LogP contribution in [0, 0.1) is 0 Å². The summed E-state index contributed by atoms with van der Waals surface area (Å²) in [5, 5.41) is 3.91. The Labute approximate surface area is 208 Å². The number of aromatic nitrogens is 2. The Morgan fingerprint density at radius 3 is 2.54 bits per heavy atom. The number of nitrogens with zero attached hydrogens (tertiary/aromatic N) is 3. The smallest absolute Gasteiger partial charge is 0.262 e. The first-order valence-electron chi connectivity index (χ1n) is 11.9. The number of carbonyl (C=O) groups excluding carboxylic acids is 2. The number of fused-ring (bicyclic) bond motifs is 1. The van der Waals surface area contributed by atoms with Crippen LogP contribution < -0.4 is 10.9 Å². The van der Waals surface area contributed by atoms with E-state index >= 15 is 0 Å². The van der Waals surface area contributed by atoms with E-state index in [9.17, 15) is 14.4 Å². The lowest BCUT2D eigenvalue weighted by Gasteiger charge is -2.26. The van der Waals surface area contributed by atoms with Gasteiger partial charge in [0.2, 0.25) is 5.91 Å². The Morgan fingerprint density at radius 1 is 1.06 bits per heavy atom. The second-order valence-corrected chi connectivity index (χ2v) is 9.31. The highest BCUT2D eigenvalue weighted by molar-refractivity contribution is 7.99. The molecule has 0 bridgehead atoms. The van der Waals surface area contributed by atoms with Gasteiger partial charge in [-0.1, -0.05) is 30.8 Å². The first kappa shape index (κ1) is 25.1. The van der Waals surface area contributed by atoms with Crippen molar-refractivity contribution in [2.45, 2.75) is 31.5 Å². The molecular weight excluding hydrogens is 464 g/mol. The van der Waals surface area contributed by atoms with E-state index in [4.69, 9.17) is 9.72 Å². The van der Waals surface area contributed by atoms with Crippen molar-refractivity contribution in [1.82, 2.24) is 14.5 Å². The number of benzene rings is 2. The highest BCUT2D eigenvalue weighted by Crippen LogP contribution is 2.20. The largest absolute Gasteiger partial charge is 0.379 e. The van der Waals surface area contributed by atoms with Crippen molar-refractivity contribution >= 4 is 40.0 Å². The van der Waals surface area contributed by atoms with E-state index in [1.807, 2.05) is 18.2 Å². The van der Waals surface area contributed by atoms with Crippen LogP contribution in [-0.2, 0) is 16.1 Å². The van der Waals surface area contributed by atoms with E-state index in [1.165, 1.54) is 11.8 Å². The van der Waals surface area contributed by atoms with Gasteiger partial charge in [-0.15, -0.1) is 0 Å². The van der Waals surface area contributed by atoms with Crippen LogP contribution in [0.15, 0.2) is 58.5 Å². The van der Waals surface area contributed by atoms with E-state index in [-0.39, 0.29) is 23.0 Å². The summed E-state index contributed by atoms with van der Waals surface area (Å²) in [5.41, 5.74) is 1.76. The van der Waals surface area contributed by atoms with E-state index in [0.29, 0.717) is 40.3 Å². The molecule has 8 nitrogen and oxygen atoms in total. The van der Waals surface area contributed by atoms with Crippen LogP contribution in [0.25, 0.3) is 10.9 Å². The predicted octanol–water partition coefficient (Wildman–Crippen LogP) is 3.44. The van der Waals surface area contributed by atoms with Gasteiger partial charge in [0, 0.05) is 43.9 Å². The number of ether oxygens (including phenoxy) is 1. The Kier molecular flexibility index (Phi) is 8.68. The molecule has 1 aromatic heterocycles. The fourth-order valence-electron chi connectivity index (χ4n) is 3.93. The minimum atomic E-state index is -0.0801. The maximum absolute atomic E-state index is 13.3. The van der Waals surface area contributed by atoms with Crippen LogP contribution in [0.2, 0.25) is 0 Å². The summed E-state index contributed by atoms with van der Waals surface area (Å²) in [6.07, 6.45) is 1.20. The number of amides is 1. The molecule has 2 aromatic carbocycles. The average Bonchev–Trinajstić information content (AvgIpc) is 2.89. The number of hydrogen-bond acceptors (Lipinski definition) is 7. The minimum Gasteiger partial charge on any atom is -0.379 e. The summed E-state index contributed by atoms with van der Waals surface area (Å²) in [6.45, 7) is 6.50. The molecule has 9 heteroatoms. The molecule has 4 rings (SSSR count). The lowest BCUT2D eigenvalue weighted by atomic mass is 10.1. The van der Waals surface area contributed by atoms with Crippen molar-refractivity contribution < 1.29 is 14.3 Å². The Balaban J connectivity index is 1.47. The fourth-order valence-corrected chi connectivity index (χ4v) is 4.85. The molecule has 0 spiro atoms. The minimum absolute atomic E-state index is 0.0642. The van der Waals surface area contributed by atoms with Crippen LogP contribution in [0.4, 0.5) is 5.69 Å². The lowest BCUT2D eigenvalue weighted by molar-refractivity contribution is -0.115. The maximum atomic E-state index is 13.3. The molecule has 1 N–H and O–H groups in total. The number of rotatable bonds is 10. The number of hydrogen-bond donors (Lipinski definition) is 1. The number of carbonyl (C=O) groups is 2. The summed E-state index contributed by atoms with van der Waals surface area (Å²) in [7, 11) is 0. The number of nitrogens with one attached hydrogen (secondary N) is 1. The third kappa shape index (κ3) is 6.56. The Hall–Kier alpha value is -3.01. The first-order chi connectivity index (χ1) is 17.0. The van der Waals surface area contributed by atoms with Crippen LogP contribution in [0.1, 0.15) is 30.1 Å². The van der Waals surface area contributed by atoms with Crippen LogP contribution >= 0.6 is 11.8 Å². The van der Waals surface area contributed by atoms with Crippen LogP contribution in [0.3, 0.4) is 0 Å². The number of ketones is 1. The van der Waals surface area contributed by atoms with Gasteiger partial charge in [0.25, 0.3) is 5.56 Å². The molecule has 2 heterocycles.